The predicted octanol–water partition coefficient (Wildman–Crippen LogP) is 1.03. The molecule has 8 nitrogen and oxygen atoms in total. The molecule has 2 saturated heterocycles. The lowest BCUT2D eigenvalue weighted by Gasteiger charge is -2.32. The van der Waals surface area contributed by atoms with Crippen LogP contribution in [0.4, 0.5) is 0 Å². The number of hydrogen-bond donors (Lipinski definition) is 1. The minimum absolute atomic E-state index is 0.0976. The van der Waals surface area contributed by atoms with Gasteiger partial charge in [-0.15, -0.1) is 10.2 Å². The van der Waals surface area contributed by atoms with Gasteiger partial charge in [0.2, 0.25) is 11.8 Å². The van der Waals surface area contributed by atoms with Crippen LogP contribution in [0, 0.1) is 0 Å². The van der Waals surface area contributed by atoms with E-state index in [9.17, 15) is 9.59 Å². The van der Waals surface area contributed by atoms with Gasteiger partial charge in [0.1, 0.15) is 11.6 Å². The Kier molecular flexibility index (Phi) is 6.82. The first-order valence-electron chi connectivity index (χ1n) is 10.2. The number of carbonyl (C=O) groups is 2. The second kappa shape index (κ2) is 9.30. The Morgan fingerprint density at radius 2 is 1.89 bits per heavy atom. The molecule has 1 aromatic rings. The molecule has 0 saturated carbocycles. The molecule has 3 rings (SSSR count). The van der Waals surface area contributed by atoms with E-state index >= 15 is 0 Å². The zero-order valence-corrected chi connectivity index (χ0v) is 16.6. The van der Waals surface area contributed by atoms with Crippen molar-refractivity contribution in [3.63, 3.8) is 0 Å². The second-order valence-electron chi connectivity index (χ2n) is 7.78. The highest BCUT2D eigenvalue weighted by atomic mass is 16.2. The maximum absolute atomic E-state index is 12.4. The second-order valence-corrected chi connectivity index (χ2v) is 7.78. The third kappa shape index (κ3) is 5.28. The van der Waals surface area contributed by atoms with Gasteiger partial charge in [0.05, 0.1) is 6.54 Å². The van der Waals surface area contributed by atoms with Crippen LogP contribution >= 0.6 is 0 Å². The van der Waals surface area contributed by atoms with Crippen LogP contribution in [-0.2, 0) is 23.2 Å². The van der Waals surface area contributed by atoms with Gasteiger partial charge in [0.25, 0.3) is 0 Å². The number of piperidine rings is 2. The molecular formula is C19H32N6O2. The molecule has 0 spiro atoms. The van der Waals surface area contributed by atoms with E-state index in [1.807, 2.05) is 11.9 Å². The van der Waals surface area contributed by atoms with E-state index in [4.69, 9.17) is 0 Å². The van der Waals surface area contributed by atoms with Crippen LogP contribution in [0.3, 0.4) is 0 Å². The first-order valence-corrected chi connectivity index (χ1v) is 10.2. The SMILES string of the molecule is CC(=O)NCCC(=O)N1CCC[C@H](c2nnc(CN3CCCCC3)n2C)C1. The summed E-state index contributed by atoms with van der Waals surface area (Å²) >= 11 is 0. The van der Waals surface area contributed by atoms with E-state index in [2.05, 4.69) is 25.0 Å². The van der Waals surface area contributed by atoms with Crippen LogP contribution in [-0.4, -0.2) is 69.1 Å². The standard InChI is InChI=1S/C19H32N6O2/c1-15(26)20-9-8-18(27)25-12-6-7-16(13-25)19-22-21-17(23(19)2)14-24-10-4-3-5-11-24/h16H,3-14H2,1-2H3,(H,20,26)/t16-/m0/s1. The van der Waals surface area contributed by atoms with Crippen molar-refractivity contribution in [2.45, 2.75) is 57.9 Å². The largest absolute Gasteiger partial charge is 0.356 e. The van der Waals surface area contributed by atoms with Gasteiger partial charge in [-0.3, -0.25) is 14.5 Å². The number of likely N-dealkylation sites (tertiary alicyclic amines) is 2. The molecule has 1 N–H and O–H groups in total. The molecule has 2 aliphatic rings. The molecule has 0 aromatic carbocycles. The maximum atomic E-state index is 12.4. The molecule has 1 atom stereocenters. The van der Waals surface area contributed by atoms with Crippen molar-refractivity contribution in [1.82, 2.24) is 29.9 Å². The summed E-state index contributed by atoms with van der Waals surface area (Å²) in [5.74, 6) is 2.24. The summed E-state index contributed by atoms with van der Waals surface area (Å²) in [5.41, 5.74) is 0. The number of hydrogen-bond acceptors (Lipinski definition) is 5. The summed E-state index contributed by atoms with van der Waals surface area (Å²) in [6.07, 6.45) is 6.22. The zero-order chi connectivity index (χ0) is 19.2. The van der Waals surface area contributed by atoms with Gasteiger partial charge in [0.15, 0.2) is 0 Å². The molecule has 150 valence electrons. The Balaban J connectivity index is 1.57. The maximum Gasteiger partial charge on any atom is 0.224 e. The fourth-order valence-corrected chi connectivity index (χ4v) is 4.10. The molecule has 2 fully saturated rings. The van der Waals surface area contributed by atoms with E-state index in [-0.39, 0.29) is 17.7 Å². The summed E-state index contributed by atoms with van der Waals surface area (Å²) < 4.78 is 2.13. The summed E-state index contributed by atoms with van der Waals surface area (Å²) in [5, 5.41) is 11.6. The Labute approximate surface area is 161 Å². The molecule has 0 unspecified atom stereocenters. The Morgan fingerprint density at radius 1 is 1.11 bits per heavy atom. The van der Waals surface area contributed by atoms with Crippen LogP contribution < -0.4 is 5.32 Å². The fraction of sp³-hybridized carbons (Fsp3) is 0.789. The van der Waals surface area contributed by atoms with Crippen LogP contribution in [0.25, 0.3) is 0 Å². The number of nitrogens with one attached hydrogen (secondary N) is 1. The van der Waals surface area contributed by atoms with Crippen molar-refractivity contribution in [2.24, 2.45) is 7.05 Å². The lowest BCUT2D eigenvalue weighted by molar-refractivity contribution is -0.132. The van der Waals surface area contributed by atoms with Crippen LogP contribution in [0.15, 0.2) is 0 Å². The highest BCUT2D eigenvalue weighted by Crippen LogP contribution is 2.26. The predicted molar refractivity (Wildman–Crippen MR) is 102 cm³/mol. The quantitative estimate of drug-likeness (QED) is 0.802. The van der Waals surface area contributed by atoms with E-state index < -0.39 is 0 Å². The summed E-state index contributed by atoms with van der Waals surface area (Å²) in [6.45, 7) is 6.48. The fourth-order valence-electron chi connectivity index (χ4n) is 4.10. The average molecular weight is 377 g/mol. The monoisotopic (exact) mass is 376 g/mol. The first-order chi connectivity index (χ1) is 13.0. The van der Waals surface area contributed by atoms with Gasteiger partial charge in [-0.2, -0.15) is 0 Å². The molecule has 8 heteroatoms. The number of aromatic nitrogens is 3. The third-order valence-corrected chi connectivity index (χ3v) is 5.66. The smallest absolute Gasteiger partial charge is 0.224 e. The van der Waals surface area contributed by atoms with Crippen molar-refractivity contribution in [3.8, 4) is 0 Å². The molecular weight excluding hydrogens is 344 g/mol. The van der Waals surface area contributed by atoms with Crippen molar-refractivity contribution in [2.75, 3.05) is 32.7 Å². The molecule has 3 heterocycles. The molecule has 2 amide bonds. The van der Waals surface area contributed by atoms with Gasteiger partial charge in [-0.1, -0.05) is 6.42 Å². The number of nitrogens with zero attached hydrogens (tertiary/aromatic N) is 5. The zero-order valence-electron chi connectivity index (χ0n) is 16.6. The van der Waals surface area contributed by atoms with Gasteiger partial charge in [-0.25, -0.2) is 0 Å². The van der Waals surface area contributed by atoms with Crippen molar-refractivity contribution in [3.05, 3.63) is 11.6 Å². The average Bonchev–Trinajstić information content (AvgIpc) is 3.03. The van der Waals surface area contributed by atoms with E-state index in [1.54, 1.807) is 0 Å². The van der Waals surface area contributed by atoms with Gasteiger partial charge >= 0.3 is 0 Å². The lowest BCUT2D eigenvalue weighted by Crippen LogP contribution is -2.41. The van der Waals surface area contributed by atoms with E-state index in [0.29, 0.717) is 19.5 Å². The van der Waals surface area contributed by atoms with Crippen molar-refractivity contribution >= 4 is 11.8 Å². The van der Waals surface area contributed by atoms with Gasteiger partial charge in [-0.05, 0) is 38.8 Å². The van der Waals surface area contributed by atoms with Crippen LogP contribution in [0.2, 0.25) is 0 Å². The molecule has 0 radical (unpaired) electrons. The summed E-state index contributed by atoms with van der Waals surface area (Å²) in [6, 6.07) is 0. The highest BCUT2D eigenvalue weighted by molar-refractivity contribution is 5.78. The number of carbonyl (C=O) groups excluding carboxylic acids is 2. The third-order valence-electron chi connectivity index (χ3n) is 5.66. The normalized spacial score (nSPS) is 21.3. The van der Waals surface area contributed by atoms with Gasteiger partial charge < -0.3 is 14.8 Å². The van der Waals surface area contributed by atoms with Crippen LogP contribution in [0.5, 0.6) is 0 Å². The lowest BCUT2D eigenvalue weighted by atomic mass is 9.97. The molecule has 0 bridgehead atoms. The van der Waals surface area contributed by atoms with E-state index in [0.717, 1.165) is 50.7 Å². The molecule has 2 aliphatic heterocycles. The minimum atomic E-state index is -0.0976. The van der Waals surface area contributed by atoms with Crippen LogP contribution in [0.1, 0.15) is 63.0 Å². The minimum Gasteiger partial charge on any atom is -0.356 e. The summed E-state index contributed by atoms with van der Waals surface area (Å²) in [7, 11) is 2.05. The molecule has 27 heavy (non-hydrogen) atoms. The Hall–Kier alpha value is -1.96. The number of amides is 2. The van der Waals surface area contributed by atoms with Gasteiger partial charge in [0, 0.05) is 45.9 Å². The Bertz CT molecular complexity index is 653. The number of rotatable bonds is 6. The Morgan fingerprint density at radius 3 is 2.63 bits per heavy atom. The molecule has 1 aromatic heterocycles. The first kappa shape index (κ1) is 19.8. The molecule has 0 aliphatic carbocycles. The van der Waals surface area contributed by atoms with E-state index in [1.165, 1.54) is 26.2 Å². The van der Waals surface area contributed by atoms with Crippen molar-refractivity contribution in [1.29, 1.82) is 0 Å². The van der Waals surface area contributed by atoms with Crippen molar-refractivity contribution < 1.29 is 9.59 Å². The highest BCUT2D eigenvalue weighted by Gasteiger charge is 2.28. The summed E-state index contributed by atoms with van der Waals surface area (Å²) in [4.78, 5) is 27.8. The topological polar surface area (TPSA) is 83.4 Å².